The first-order chi connectivity index (χ1) is 12.2. The summed E-state index contributed by atoms with van der Waals surface area (Å²) in [7, 11) is 3.98. The van der Waals surface area contributed by atoms with Crippen molar-refractivity contribution in [3.8, 4) is 5.75 Å². The lowest BCUT2D eigenvalue weighted by atomic mass is 10.00. The highest BCUT2D eigenvalue weighted by atomic mass is 16.5. The van der Waals surface area contributed by atoms with E-state index >= 15 is 0 Å². The molecule has 1 aromatic carbocycles. The Morgan fingerprint density at radius 3 is 2.24 bits per heavy atom. The lowest BCUT2D eigenvalue weighted by molar-refractivity contribution is 0.0981. The molecule has 0 radical (unpaired) electrons. The number of rotatable bonds is 4. The van der Waals surface area contributed by atoms with E-state index in [1.165, 1.54) is 63.1 Å². The highest BCUT2D eigenvalue weighted by molar-refractivity contribution is 5.69. The van der Waals surface area contributed by atoms with E-state index in [4.69, 9.17) is 10.5 Å². The molecule has 0 aromatic heterocycles. The van der Waals surface area contributed by atoms with Gasteiger partial charge in [0.25, 0.3) is 0 Å². The van der Waals surface area contributed by atoms with Gasteiger partial charge in [0.1, 0.15) is 5.75 Å². The van der Waals surface area contributed by atoms with E-state index in [9.17, 15) is 0 Å². The van der Waals surface area contributed by atoms with Crippen molar-refractivity contribution in [3.63, 3.8) is 0 Å². The van der Waals surface area contributed by atoms with Gasteiger partial charge in [0.15, 0.2) is 0 Å². The largest absolute Gasteiger partial charge is 0.495 e. The summed E-state index contributed by atoms with van der Waals surface area (Å²) in [6, 6.07) is 5.09. The zero-order chi connectivity index (χ0) is 17.4. The molecule has 25 heavy (non-hydrogen) atoms. The summed E-state index contributed by atoms with van der Waals surface area (Å²) in [5, 5.41) is 0. The number of nitrogens with two attached hydrogens (primary N) is 1. The molecule has 1 aromatic rings. The summed E-state index contributed by atoms with van der Waals surface area (Å²) >= 11 is 0. The Balaban J connectivity index is 1.44. The van der Waals surface area contributed by atoms with Crippen LogP contribution in [0.25, 0.3) is 0 Å². The van der Waals surface area contributed by atoms with E-state index in [1.54, 1.807) is 7.11 Å². The van der Waals surface area contributed by atoms with Crippen LogP contribution in [0, 0.1) is 0 Å². The first kappa shape index (κ1) is 17.0. The quantitative estimate of drug-likeness (QED) is 0.850. The molecule has 0 atom stereocenters. The first-order valence-corrected chi connectivity index (χ1v) is 9.80. The van der Waals surface area contributed by atoms with Crippen molar-refractivity contribution < 1.29 is 4.74 Å². The Bertz CT molecular complexity index is 600. The van der Waals surface area contributed by atoms with Crippen LogP contribution in [0.5, 0.6) is 5.75 Å². The molecule has 1 aliphatic carbocycles. The van der Waals surface area contributed by atoms with Gasteiger partial charge in [-0.15, -0.1) is 0 Å². The summed E-state index contributed by atoms with van der Waals surface area (Å²) < 4.78 is 5.65. The van der Waals surface area contributed by atoms with Crippen molar-refractivity contribution in [2.24, 2.45) is 0 Å². The van der Waals surface area contributed by atoms with Gasteiger partial charge in [0, 0.05) is 57.1 Å². The van der Waals surface area contributed by atoms with Crippen molar-refractivity contribution in [1.82, 2.24) is 9.80 Å². The van der Waals surface area contributed by atoms with Crippen molar-refractivity contribution in [2.75, 3.05) is 64.1 Å². The fraction of sp³-hybridized carbons (Fsp3) is 0.700. The topological polar surface area (TPSA) is 45.0 Å². The van der Waals surface area contributed by atoms with Crippen molar-refractivity contribution in [2.45, 2.75) is 37.6 Å². The van der Waals surface area contributed by atoms with Crippen molar-refractivity contribution in [3.05, 3.63) is 17.7 Å². The van der Waals surface area contributed by atoms with Gasteiger partial charge in [-0.05, 0) is 50.3 Å². The Hall–Kier alpha value is -1.46. The molecule has 2 aliphatic heterocycles. The summed E-state index contributed by atoms with van der Waals surface area (Å²) in [5.41, 5.74) is 9.73. The van der Waals surface area contributed by atoms with Crippen LogP contribution in [0.15, 0.2) is 12.1 Å². The number of nitrogens with zero attached hydrogens (tertiary/aromatic N) is 3. The molecule has 0 spiro atoms. The maximum absolute atomic E-state index is 6.26. The lowest BCUT2D eigenvalue weighted by Crippen LogP contribution is -2.52. The number of likely N-dealkylation sites (N-methyl/N-ethyl adjacent to an activating group) is 1. The molecule has 2 N–H and O–H groups in total. The van der Waals surface area contributed by atoms with Gasteiger partial charge in [-0.25, -0.2) is 0 Å². The van der Waals surface area contributed by atoms with E-state index < -0.39 is 0 Å². The predicted molar refractivity (Wildman–Crippen MR) is 104 cm³/mol. The second kappa shape index (κ2) is 7.04. The van der Waals surface area contributed by atoms with Crippen molar-refractivity contribution >= 4 is 11.4 Å². The van der Waals surface area contributed by atoms with Crippen LogP contribution in [0.1, 0.15) is 37.2 Å². The molecular weight excluding hydrogens is 312 g/mol. The van der Waals surface area contributed by atoms with Gasteiger partial charge in [-0.3, -0.25) is 4.90 Å². The van der Waals surface area contributed by atoms with Gasteiger partial charge in [-0.2, -0.15) is 0 Å². The normalized spacial score (nSPS) is 23.8. The number of nitrogen functional groups attached to an aromatic ring is 1. The van der Waals surface area contributed by atoms with Gasteiger partial charge >= 0.3 is 0 Å². The van der Waals surface area contributed by atoms with Gasteiger partial charge in [-0.1, -0.05) is 0 Å². The molecule has 5 heteroatoms. The molecule has 0 unspecified atom stereocenters. The second-order valence-corrected chi connectivity index (χ2v) is 7.98. The minimum atomic E-state index is 0.674. The third-order valence-corrected chi connectivity index (χ3v) is 6.26. The molecule has 3 aliphatic rings. The average Bonchev–Trinajstić information content (AvgIpc) is 3.47. The number of methoxy groups -OCH3 is 1. The van der Waals surface area contributed by atoms with Crippen LogP contribution in [0.3, 0.4) is 0 Å². The molecule has 4 rings (SSSR count). The minimum absolute atomic E-state index is 0.674. The van der Waals surface area contributed by atoms with Crippen LogP contribution in [-0.2, 0) is 0 Å². The maximum Gasteiger partial charge on any atom is 0.144 e. The zero-order valence-electron chi connectivity index (χ0n) is 15.7. The molecule has 0 bridgehead atoms. The van der Waals surface area contributed by atoms with Crippen LogP contribution >= 0.6 is 0 Å². The number of ether oxygens (including phenoxy) is 1. The number of benzene rings is 1. The van der Waals surface area contributed by atoms with E-state index in [0.717, 1.165) is 30.6 Å². The van der Waals surface area contributed by atoms with Gasteiger partial charge in [0.2, 0.25) is 0 Å². The van der Waals surface area contributed by atoms with E-state index in [2.05, 4.69) is 27.8 Å². The number of piperidine rings is 1. The Kier molecular flexibility index (Phi) is 4.78. The predicted octanol–water partition coefficient (Wildman–Crippen LogP) is 2.37. The number of anilines is 2. The SMILES string of the molecule is COc1cc(N)c(C2CC2)cc1N1CCC(N2CCN(C)CC2)CC1. The molecule has 2 heterocycles. The number of hydrogen-bond acceptors (Lipinski definition) is 5. The molecule has 1 saturated carbocycles. The smallest absolute Gasteiger partial charge is 0.144 e. The van der Waals surface area contributed by atoms with Crippen LogP contribution in [0.4, 0.5) is 11.4 Å². The van der Waals surface area contributed by atoms with E-state index in [0.29, 0.717) is 5.92 Å². The third kappa shape index (κ3) is 3.58. The maximum atomic E-state index is 6.26. The van der Waals surface area contributed by atoms with Crippen molar-refractivity contribution in [1.29, 1.82) is 0 Å². The van der Waals surface area contributed by atoms with E-state index in [-0.39, 0.29) is 0 Å². The molecular formula is C20H32N4O. The lowest BCUT2D eigenvalue weighted by Gasteiger charge is -2.42. The van der Waals surface area contributed by atoms with Gasteiger partial charge in [0.05, 0.1) is 12.8 Å². The van der Waals surface area contributed by atoms with E-state index in [1.807, 2.05) is 6.07 Å². The first-order valence-electron chi connectivity index (χ1n) is 9.80. The monoisotopic (exact) mass is 344 g/mol. The zero-order valence-corrected chi connectivity index (χ0v) is 15.7. The Labute approximate surface area is 151 Å². The summed E-state index contributed by atoms with van der Waals surface area (Å²) in [6.45, 7) is 7.08. The second-order valence-electron chi connectivity index (χ2n) is 7.98. The summed E-state index contributed by atoms with van der Waals surface area (Å²) in [4.78, 5) is 7.65. The van der Waals surface area contributed by atoms with Crippen LogP contribution < -0.4 is 15.4 Å². The van der Waals surface area contributed by atoms with Crippen LogP contribution in [0.2, 0.25) is 0 Å². The molecule has 2 saturated heterocycles. The third-order valence-electron chi connectivity index (χ3n) is 6.26. The highest BCUT2D eigenvalue weighted by Crippen LogP contribution is 2.46. The van der Waals surface area contributed by atoms with Gasteiger partial charge < -0.3 is 20.3 Å². The highest BCUT2D eigenvalue weighted by Gasteiger charge is 2.30. The fourth-order valence-electron chi connectivity index (χ4n) is 4.42. The molecule has 3 fully saturated rings. The summed E-state index contributed by atoms with van der Waals surface area (Å²) in [6.07, 6.45) is 5.05. The summed E-state index contributed by atoms with van der Waals surface area (Å²) in [5.74, 6) is 1.60. The average molecular weight is 345 g/mol. The Morgan fingerprint density at radius 2 is 1.64 bits per heavy atom. The molecule has 138 valence electrons. The number of piperazine rings is 1. The standard InChI is InChI=1S/C20H32N4O/c1-22-9-11-23(12-10-22)16-5-7-24(8-6-16)19-13-17(15-3-4-15)18(21)14-20(19)25-2/h13-16H,3-12,21H2,1-2H3. The number of hydrogen-bond donors (Lipinski definition) is 1. The fourth-order valence-corrected chi connectivity index (χ4v) is 4.42. The minimum Gasteiger partial charge on any atom is -0.495 e. The molecule has 0 amide bonds. The Morgan fingerprint density at radius 1 is 0.960 bits per heavy atom. The molecule has 5 nitrogen and oxygen atoms in total. The van der Waals surface area contributed by atoms with Crippen LogP contribution in [-0.4, -0.2) is 69.3 Å².